The van der Waals surface area contributed by atoms with Gasteiger partial charge in [-0.25, -0.2) is 0 Å². The van der Waals surface area contributed by atoms with Crippen LogP contribution >= 0.6 is 34.2 Å². The molecule has 0 aliphatic heterocycles. The molecule has 0 spiro atoms. The van der Waals surface area contributed by atoms with E-state index >= 15 is 0 Å². The molecule has 3 nitrogen and oxygen atoms in total. The number of carbonyl (C=O) groups excluding carboxylic acids is 1. The first kappa shape index (κ1) is 13.7. The predicted octanol–water partition coefficient (Wildman–Crippen LogP) is 2.41. The van der Waals surface area contributed by atoms with Gasteiger partial charge in [-0.3, -0.25) is 4.79 Å². The van der Waals surface area contributed by atoms with Crippen LogP contribution < -0.4 is 11.1 Å². The van der Waals surface area contributed by atoms with E-state index in [1.165, 1.54) is 0 Å². The summed E-state index contributed by atoms with van der Waals surface area (Å²) in [4.78, 5) is 11.9. The number of carbonyl (C=O) groups is 1. The Labute approximate surface area is 114 Å². The Balaban J connectivity index is 2.85. The quantitative estimate of drug-likeness (QED) is 0.821. The lowest BCUT2D eigenvalue weighted by Crippen LogP contribution is -2.48. The third kappa shape index (κ3) is 3.61. The molecule has 1 amide bonds. The number of rotatable bonds is 3. The molecule has 0 heterocycles. The van der Waals surface area contributed by atoms with Crippen LogP contribution in [0.4, 0.5) is 0 Å². The monoisotopic (exact) mass is 352 g/mol. The fourth-order valence-corrected chi connectivity index (χ4v) is 1.58. The maximum atomic E-state index is 11.9. The largest absolute Gasteiger partial charge is 0.346 e. The molecular weight excluding hydrogens is 338 g/mol. The van der Waals surface area contributed by atoms with Gasteiger partial charge in [-0.05, 0) is 54.6 Å². The Morgan fingerprint density at radius 3 is 2.69 bits per heavy atom. The van der Waals surface area contributed by atoms with E-state index in [1.807, 2.05) is 19.9 Å². The zero-order chi connectivity index (χ0) is 12.3. The molecule has 0 aliphatic rings. The van der Waals surface area contributed by atoms with Crippen LogP contribution in [0.15, 0.2) is 18.2 Å². The number of hydrogen-bond donors (Lipinski definition) is 2. The van der Waals surface area contributed by atoms with Crippen molar-refractivity contribution in [3.63, 3.8) is 0 Å². The van der Waals surface area contributed by atoms with Gasteiger partial charge in [0.2, 0.25) is 0 Å². The summed E-state index contributed by atoms with van der Waals surface area (Å²) in [6.07, 6.45) is 0. The fourth-order valence-electron chi connectivity index (χ4n) is 1.07. The number of amides is 1. The summed E-state index contributed by atoms with van der Waals surface area (Å²) in [6.45, 7) is 4.13. The number of hydrogen-bond acceptors (Lipinski definition) is 2. The van der Waals surface area contributed by atoms with E-state index in [9.17, 15) is 4.79 Å². The van der Waals surface area contributed by atoms with E-state index in [2.05, 4.69) is 27.9 Å². The normalized spacial score (nSPS) is 11.3. The highest BCUT2D eigenvalue weighted by Crippen LogP contribution is 2.19. The van der Waals surface area contributed by atoms with Gasteiger partial charge in [0.15, 0.2) is 0 Å². The topological polar surface area (TPSA) is 55.1 Å². The average Bonchev–Trinajstić information content (AvgIpc) is 2.21. The molecule has 0 saturated heterocycles. The van der Waals surface area contributed by atoms with Gasteiger partial charge in [0.05, 0.1) is 5.02 Å². The second-order valence-corrected chi connectivity index (χ2v) is 5.74. The van der Waals surface area contributed by atoms with E-state index < -0.39 is 5.54 Å². The summed E-state index contributed by atoms with van der Waals surface area (Å²) in [7, 11) is 0. The Morgan fingerprint density at radius 1 is 1.56 bits per heavy atom. The molecule has 0 aromatic heterocycles. The second-order valence-electron chi connectivity index (χ2n) is 4.17. The Morgan fingerprint density at radius 2 is 2.19 bits per heavy atom. The molecule has 5 heteroatoms. The van der Waals surface area contributed by atoms with Crippen LogP contribution in [0.5, 0.6) is 0 Å². The summed E-state index contributed by atoms with van der Waals surface area (Å²) in [6, 6.07) is 5.22. The molecule has 16 heavy (non-hydrogen) atoms. The minimum Gasteiger partial charge on any atom is -0.346 e. The van der Waals surface area contributed by atoms with Crippen LogP contribution in [0.3, 0.4) is 0 Å². The molecule has 0 unspecified atom stereocenters. The summed E-state index contributed by atoms with van der Waals surface area (Å²) in [5, 5.41) is 3.43. The molecule has 0 radical (unpaired) electrons. The molecule has 0 fully saturated rings. The summed E-state index contributed by atoms with van der Waals surface area (Å²) in [5.74, 6) is -0.159. The van der Waals surface area contributed by atoms with Gasteiger partial charge in [-0.2, -0.15) is 0 Å². The van der Waals surface area contributed by atoms with Gasteiger partial charge in [0, 0.05) is 21.2 Å². The zero-order valence-corrected chi connectivity index (χ0v) is 12.1. The van der Waals surface area contributed by atoms with Crippen LogP contribution in [-0.2, 0) is 0 Å². The molecule has 0 saturated carbocycles. The maximum Gasteiger partial charge on any atom is 0.251 e. The molecule has 1 rings (SSSR count). The van der Waals surface area contributed by atoms with Crippen molar-refractivity contribution >= 4 is 40.1 Å². The smallest absolute Gasteiger partial charge is 0.251 e. The zero-order valence-electron chi connectivity index (χ0n) is 9.18. The molecule has 0 aliphatic carbocycles. The molecule has 3 N–H and O–H groups in total. The minimum atomic E-state index is -0.410. The van der Waals surface area contributed by atoms with Crippen molar-refractivity contribution in [1.82, 2.24) is 5.32 Å². The van der Waals surface area contributed by atoms with E-state index in [-0.39, 0.29) is 5.91 Å². The third-order valence-electron chi connectivity index (χ3n) is 2.14. The Kier molecular flexibility index (Phi) is 4.58. The summed E-state index contributed by atoms with van der Waals surface area (Å²) >= 11 is 8.07. The lowest BCUT2D eigenvalue weighted by Gasteiger charge is -2.24. The number of benzene rings is 1. The lowest BCUT2D eigenvalue weighted by atomic mass is 10.1. The Hall–Kier alpha value is -0.330. The second kappa shape index (κ2) is 5.33. The van der Waals surface area contributed by atoms with Gasteiger partial charge in [0.25, 0.3) is 5.91 Å². The highest BCUT2D eigenvalue weighted by Gasteiger charge is 2.19. The number of halogens is 2. The van der Waals surface area contributed by atoms with Crippen molar-refractivity contribution < 1.29 is 4.79 Å². The van der Waals surface area contributed by atoms with Crippen LogP contribution in [0.1, 0.15) is 24.2 Å². The summed E-state index contributed by atoms with van der Waals surface area (Å²) < 4.78 is 0.925. The lowest BCUT2D eigenvalue weighted by molar-refractivity contribution is 0.0915. The van der Waals surface area contributed by atoms with Crippen LogP contribution in [0.25, 0.3) is 0 Å². The predicted molar refractivity (Wildman–Crippen MR) is 74.8 cm³/mol. The van der Waals surface area contributed by atoms with E-state index in [1.54, 1.807) is 12.1 Å². The number of nitrogens with one attached hydrogen (secondary N) is 1. The van der Waals surface area contributed by atoms with Crippen LogP contribution in [0.2, 0.25) is 5.02 Å². The summed E-state index contributed by atoms with van der Waals surface area (Å²) in [5.41, 5.74) is 5.68. The van der Waals surface area contributed by atoms with Crippen molar-refractivity contribution in [2.45, 2.75) is 19.4 Å². The SMILES string of the molecule is CC(C)(CN)NC(=O)c1ccc(I)c(Cl)c1. The van der Waals surface area contributed by atoms with Crippen molar-refractivity contribution in [1.29, 1.82) is 0 Å². The average molecular weight is 353 g/mol. The van der Waals surface area contributed by atoms with E-state index in [0.29, 0.717) is 17.1 Å². The third-order valence-corrected chi connectivity index (χ3v) is 3.72. The van der Waals surface area contributed by atoms with E-state index in [4.69, 9.17) is 17.3 Å². The molecule has 0 bridgehead atoms. The molecule has 1 aromatic rings. The van der Waals surface area contributed by atoms with Gasteiger partial charge < -0.3 is 11.1 Å². The van der Waals surface area contributed by atoms with Gasteiger partial charge in [0.1, 0.15) is 0 Å². The van der Waals surface area contributed by atoms with Crippen LogP contribution in [-0.4, -0.2) is 18.0 Å². The first-order chi connectivity index (χ1) is 7.35. The van der Waals surface area contributed by atoms with Gasteiger partial charge >= 0.3 is 0 Å². The standard InChI is InChI=1S/C11H14ClIN2O/c1-11(2,6-14)15-10(16)7-3-4-9(13)8(12)5-7/h3-5H,6,14H2,1-2H3,(H,15,16). The highest BCUT2D eigenvalue weighted by atomic mass is 127. The van der Waals surface area contributed by atoms with Crippen molar-refractivity contribution in [2.24, 2.45) is 5.73 Å². The first-order valence-corrected chi connectivity index (χ1v) is 6.29. The maximum absolute atomic E-state index is 11.9. The van der Waals surface area contributed by atoms with Gasteiger partial charge in [-0.15, -0.1) is 0 Å². The van der Waals surface area contributed by atoms with Crippen molar-refractivity contribution in [3.8, 4) is 0 Å². The molecule has 1 aromatic carbocycles. The fraction of sp³-hybridized carbons (Fsp3) is 0.364. The highest BCUT2D eigenvalue weighted by molar-refractivity contribution is 14.1. The van der Waals surface area contributed by atoms with Crippen LogP contribution in [0, 0.1) is 3.57 Å². The molecular formula is C11H14ClIN2O. The van der Waals surface area contributed by atoms with E-state index in [0.717, 1.165) is 3.57 Å². The van der Waals surface area contributed by atoms with Gasteiger partial charge in [-0.1, -0.05) is 11.6 Å². The Bertz CT molecular complexity index is 407. The first-order valence-electron chi connectivity index (χ1n) is 4.83. The van der Waals surface area contributed by atoms with Crippen molar-refractivity contribution in [3.05, 3.63) is 32.4 Å². The minimum absolute atomic E-state index is 0.159. The molecule has 0 atom stereocenters. The van der Waals surface area contributed by atoms with Crippen molar-refractivity contribution in [2.75, 3.05) is 6.54 Å². The molecule has 88 valence electrons. The number of nitrogens with two attached hydrogens (primary N) is 1.